The van der Waals surface area contributed by atoms with Gasteiger partial charge in [-0.1, -0.05) is 47.5 Å². The van der Waals surface area contributed by atoms with Gasteiger partial charge in [-0.25, -0.2) is 10.9 Å². The Hall–Kier alpha value is -3.28. The van der Waals surface area contributed by atoms with Crippen molar-refractivity contribution in [2.24, 2.45) is 10.2 Å². The normalized spacial score (nSPS) is 11.9. The molecular weight excluding hydrogens is 352 g/mol. The summed E-state index contributed by atoms with van der Waals surface area (Å²) in [6, 6.07) is 11.9. The van der Waals surface area contributed by atoms with Gasteiger partial charge in [0, 0.05) is 11.1 Å². The highest BCUT2D eigenvalue weighted by molar-refractivity contribution is 6.35. The molecule has 0 saturated heterocycles. The van der Waals surface area contributed by atoms with Crippen LogP contribution in [0.2, 0.25) is 0 Å². The van der Waals surface area contributed by atoms with E-state index in [0.29, 0.717) is 11.4 Å². The van der Waals surface area contributed by atoms with Gasteiger partial charge in [0.05, 0.1) is 11.4 Å². The standard InChI is InChI=1S/C22H26N4O2/c1-13-7-9-19(15(3)11-13)17(5)23-25-21(27)22(28)26-24-18(6)20-10-8-14(2)12-16(20)4/h7-12H,1-6H3,(H,25,27)(H,26,28). The molecule has 2 rings (SSSR count). The molecule has 2 aromatic rings. The molecule has 0 aliphatic carbocycles. The zero-order valence-electron chi connectivity index (χ0n) is 17.2. The fraction of sp³-hybridized carbons (Fsp3) is 0.273. The second kappa shape index (κ2) is 9.08. The predicted molar refractivity (Wildman–Crippen MR) is 113 cm³/mol. The molecule has 0 unspecified atom stereocenters. The van der Waals surface area contributed by atoms with E-state index in [9.17, 15) is 9.59 Å². The number of nitrogens with zero attached hydrogens (tertiary/aromatic N) is 2. The number of hydrogen-bond acceptors (Lipinski definition) is 4. The Morgan fingerprint density at radius 2 is 1.04 bits per heavy atom. The lowest BCUT2D eigenvalue weighted by Gasteiger charge is -2.08. The summed E-state index contributed by atoms with van der Waals surface area (Å²) >= 11 is 0. The summed E-state index contributed by atoms with van der Waals surface area (Å²) in [6.07, 6.45) is 0. The minimum atomic E-state index is -0.874. The molecule has 2 N–H and O–H groups in total. The van der Waals surface area contributed by atoms with E-state index in [1.54, 1.807) is 13.8 Å². The van der Waals surface area contributed by atoms with E-state index in [0.717, 1.165) is 33.4 Å². The van der Waals surface area contributed by atoms with E-state index >= 15 is 0 Å². The van der Waals surface area contributed by atoms with Crippen molar-refractivity contribution < 1.29 is 9.59 Å². The topological polar surface area (TPSA) is 82.9 Å². The zero-order valence-corrected chi connectivity index (χ0v) is 17.2. The maximum Gasteiger partial charge on any atom is 0.331 e. The van der Waals surface area contributed by atoms with Gasteiger partial charge >= 0.3 is 11.8 Å². The quantitative estimate of drug-likeness (QED) is 0.486. The Kier molecular flexibility index (Phi) is 6.82. The fourth-order valence-electron chi connectivity index (χ4n) is 2.93. The van der Waals surface area contributed by atoms with Crippen molar-refractivity contribution in [3.8, 4) is 0 Å². The summed E-state index contributed by atoms with van der Waals surface area (Å²) in [5.41, 5.74) is 12.0. The summed E-state index contributed by atoms with van der Waals surface area (Å²) in [5.74, 6) is -1.75. The number of benzene rings is 2. The van der Waals surface area contributed by atoms with Gasteiger partial charge in [-0.2, -0.15) is 10.2 Å². The minimum Gasteiger partial charge on any atom is -0.262 e. The van der Waals surface area contributed by atoms with Gasteiger partial charge in [0.2, 0.25) is 0 Å². The number of carbonyl (C=O) groups excluding carboxylic acids is 2. The molecule has 2 amide bonds. The van der Waals surface area contributed by atoms with Crippen LogP contribution in [0.3, 0.4) is 0 Å². The summed E-state index contributed by atoms with van der Waals surface area (Å²) in [7, 11) is 0. The number of hydrazone groups is 2. The molecule has 0 aliphatic rings. The lowest BCUT2D eigenvalue weighted by atomic mass is 10.0. The zero-order chi connectivity index (χ0) is 20.8. The van der Waals surface area contributed by atoms with Crippen LogP contribution < -0.4 is 10.9 Å². The number of rotatable bonds is 4. The van der Waals surface area contributed by atoms with E-state index in [2.05, 4.69) is 21.1 Å². The number of carbonyl (C=O) groups is 2. The Morgan fingerprint density at radius 1 is 0.679 bits per heavy atom. The van der Waals surface area contributed by atoms with Crippen molar-refractivity contribution in [3.05, 3.63) is 69.8 Å². The fourth-order valence-corrected chi connectivity index (χ4v) is 2.93. The largest absolute Gasteiger partial charge is 0.331 e. The Morgan fingerprint density at radius 3 is 1.36 bits per heavy atom. The van der Waals surface area contributed by atoms with Gasteiger partial charge in [0.1, 0.15) is 0 Å². The van der Waals surface area contributed by atoms with Crippen LogP contribution >= 0.6 is 0 Å². The first-order chi connectivity index (χ1) is 13.2. The van der Waals surface area contributed by atoms with Gasteiger partial charge < -0.3 is 0 Å². The van der Waals surface area contributed by atoms with Crippen molar-refractivity contribution in [2.75, 3.05) is 0 Å². The molecule has 6 heteroatoms. The third-order valence-electron chi connectivity index (χ3n) is 4.40. The molecule has 2 aromatic carbocycles. The van der Waals surface area contributed by atoms with Crippen LogP contribution in [-0.4, -0.2) is 23.2 Å². The molecule has 6 nitrogen and oxygen atoms in total. The summed E-state index contributed by atoms with van der Waals surface area (Å²) in [5, 5.41) is 8.05. The summed E-state index contributed by atoms with van der Waals surface area (Å²) < 4.78 is 0. The summed E-state index contributed by atoms with van der Waals surface area (Å²) in [4.78, 5) is 24.0. The van der Waals surface area contributed by atoms with Crippen molar-refractivity contribution in [3.63, 3.8) is 0 Å². The smallest absolute Gasteiger partial charge is 0.262 e. The third-order valence-corrected chi connectivity index (χ3v) is 4.40. The molecular formula is C22H26N4O2. The van der Waals surface area contributed by atoms with E-state index < -0.39 is 11.8 Å². The lowest BCUT2D eigenvalue weighted by Crippen LogP contribution is -2.36. The van der Waals surface area contributed by atoms with Crippen LogP contribution in [0.1, 0.15) is 47.2 Å². The monoisotopic (exact) mass is 378 g/mol. The highest BCUT2D eigenvalue weighted by atomic mass is 16.2. The Balaban J connectivity index is 2.01. The highest BCUT2D eigenvalue weighted by Gasteiger charge is 2.13. The van der Waals surface area contributed by atoms with Crippen LogP contribution in [0, 0.1) is 27.7 Å². The molecule has 0 radical (unpaired) electrons. The second-order valence-corrected chi connectivity index (χ2v) is 6.91. The number of aryl methyl sites for hydroxylation is 4. The molecule has 0 atom stereocenters. The van der Waals surface area contributed by atoms with Gasteiger partial charge in [0.15, 0.2) is 0 Å². The first-order valence-corrected chi connectivity index (χ1v) is 9.03. The average molecular weight is 378 g/mol. The molecule has 28 heavy (non-hydrogen) atoms. The molecule has 0 bridgehead atoms. The second-order valence-electron chi connectivity index (χ2n) is 6.91. The van der Waals surface area contributed by atoms with Gasteiger partial charge in [-0.3, -0.25) is 9.59 Å². The van der Waals surface area contributed by atoms with Crippen LogP contribution in [0.4, 0.5) is 0 Å². The van der Waals surface area contributed by atoms with E-state index in [4.69, 9.17) is 0 Å². The van der Waals surface area contributed by atoms with Gasteiger partial charge in [-0.05, 0) is 52.7 Å². The number of nitrogens with one attached hydrogen (secondary N) is 2. The predicted octanol–water partition coefficient (Wildman–Crippen LogP) is 3.30. The first-order valence-electron chi connectivity index (χ1n) is 9.03. The molecule has 0 spiro atoms. The summed E-state index contributed by atoms with van der Waals surface area (Å²) in [6.45, 7) is 11.5. The Labute approximate surface area is 165 Å². The first kappa shape index (κ1) is 21.0. The maximum absolute atomic E-state index is 12.0. The number of amides is 2. The third kappa shape index (κ3) is 5.36. The lowest BCUT2D eigenvalue weighted by molar-refractivity contribution is -0.139. The van der Waals surface area contributed by atoms with E-state index in [-0.39, 0.29) is 0 Å². The highest BCUT2D eigenvalue weighted by Crippen LogP contribution is 2.12. The van der Waals surface area contributed by atoms with Crippen molar-refractivity contribution >= 4 is 23.2 Å². The molecule has 0 fully saturated rings. The molecule has 146 valence electrons. The molecule has 0 saturated carbocycles. The van der Waals surface area contributed by atoms with Crippen molar-refractivity contribution in [1.82, 2.24) is 10.9 Å². The Bertz CT molecular complexity index is 895. The van der Waals surface area contributed by atoms with E-state index in [1.165, 1.54) is 0 Å². The van der Waals surface area contributed by atoms with Crippen LogP contribution in [0.25, 0.3) is 0 Å². The van der Waals surface area contributed by atoms with Crippen molar-refractivity contribution in [2.45, 2.75) is 41.5 Å². The van der Waals surface area contributed by atoms with Crippen LogP contribution in [0.15, 0.2) is 46.6 Å². The minimum absolute atomic E-state index is 0.619. The molecule has 0 aromatic heterocycles. The maximum atomic E-state index is 12.0. The van der Waals surface area contributed by atoms with Gasteiger partial charge in [-0.15, -0.1) is 0 Å². The van der Waals surface area contributed by atoms with Crippen molar-refractivity contribution in [1.29, 1.82) is 0 Å². The van der Waals surface area contributed by atoms with Crippen LogP contribution in [-0.2, 0) is 9.59 Å². The molecule has 0 aliphatic heterocycles. The average Bonchev–Trinajstić information content (AvgIpc) is 2.63. The molecule has 0 heterocycles. The van der Waals surface area contributed by atoms with Gasteiger partial charge in [0.25, 0.3) is 0 Å². The SMILES string of the molecule is CC(=NNC(=O)C(=O)NN=C(C)c1ccc(C)cc1C)c1ccc(C)cc1C. The van der Waals surface area contributed by atoms with E-state index in [1.807, 2.05) is 64.1 Å². The number of hydrogen-bond donors (Lipinski definition) is 2. The van der Waals surface area contributed by atoms with Crippen LogP contribution in [0.5, 0.6) is 0 Å².